The molecule has 0 bridgehead atoms. The third kappa shape index (κ3) is 6.23. The van der Waals surface area contributed by atoms with Gasteiger partial charge in [0.25, 0.3) is 5.91 Å². The lowest BCUT2D eigenvalue weighted by molar-refractivity contribution is -0.116. The summed E-state index contributed by atoms with van der Waals surface area (Å²) in [4.78, 5) is 13.3. The Kier molecular flexibility index (Phi) is 5.83. The molecule has 0 heterocycles. The van der Waals surface area contributed by atoms with Crippen LogP contribution in [0.15, 0.2) is 0 Å². The number of carbonyl (C=O) groups excluding carboxylic acids is 1. The summed E-state index contributed by atoms with van der Waals surface area (Å²) in [6, 6.07) is 0.200. The van der Waals surface area contributed by atoms with E-state index >= 15 is 0 Å². The van der Waals surface area contributed by atoms with Gasteiger partial charge in [-0.15, -0.1) is 0 Å². The van der Waals surface area contributed by atoms with E-state index in [1.54, 1.807) is 0 Å². The molecule has 68 valence electrons. The second kappa shape index (κ2) is 6.07. The fourth-order valence-electron chi connectivity index (χ4n) is 1.07. The zero-order chi connectivity index (χ0) is 9.56. The highest BCUT2D eigenvalue weighted by atomic mass is 79.9. The molecule has 3 heteroatoms. The normalized spacial score (nSPS) is 11.8. The van der Waals surface area contributed by atoms with Crippen LogP contribution in [0.3, 0.4) is 0 Å². The summed E-state index contributed by atoms with van der Waals surface area (Å²) >= 11 is 2.87. The molecule has 0 aliphatic heterocycles. The minimum Gasteiger partial charge on any atom is -0.343 e. The summed E-state index contributed by atoms with van der Waals surface area (Å²) in [5.74, 6) is 2.74. The fraction of sp³-hybridized carbons (Fsp3) is 0.667. The van der Waals surface area contributed by atoms with E-state index in [0.29, 0.717) is 5.92 Å². The molecule has 1 unspecified atom stereocenters. The van der Waals surface area contributed by atoms with Gasteiger partial charge in [-0.3, -0.25) is 4.79 Å². The smallest absolute Gasteiger partial charge is 0.296 e. The van der Waals surface area contributed by atoms with Crippen LogP contribution in [0.4, 0.5) is 0 Å². The minimum absolute atomic E-state index is 0.200. The summed E-state index contributed by atoms with van der Waals surface area (Å²) < 4.78 is 0. The van der Waals surface area contributed by atoms with Gasteiger partial charge in [0.1, 0.15) is 0 Å². The Morgan fingerprint density at radius 1 is 1.50 bits per heavy atom. The lowest BCUT2D eigenvalue weighted by Crippen LogP contribution is -2.32. The number of hydrogen-bond acceptors (Lipinski definition) is 1. The Hall–Kier alpha value is -0.490. The molecule has 0 aromatic rings. The van der Waals surface area contributed by atoms with E-state index in [1.807, 2.05) is 6.92 Å². The highest BCUT2D eigenvalue weighted by molar-refractivity contribution is 9.12. The molecule has 0 aromatic heterocycles. The SMILES string of the molecule is CC(C)CC(C)NC(=O)C#CBr. The summed E-state index contributed by atoms with van der Waals surface area (Å²) in [6.07, 6.45) is 0.982. The van der Waals surface area contributed by atoms with Gasteiger partial charge >= 0.3 is 0 Å². The molecule has 0 fully saturated rings. The standard InChI is InChI=1S/C9H14BrNO/c1-7(2)6-8(3)11-9(12)4-5-10/h7-8H,6H2,1-3H3,(H,11,12). The first-order valence-corrected chi connectivity index (χ1v) is 4.77. The van der Waals surface area contributed by atoms with Gasteiger partial charge in [-0.25, -0.2) is 0 Å². The molecule has 0 spiro atoms. The third-order valence-electron chi connectivity index (χ3n) is 1.36. The van der Waals surface area contributed by atoms with Crippen molar-refractivity contribution in [1.82, 2.24) is 5.32 Å². The van der Waals surface area contributed by atoms with E-state index < -0.39 is 0 Å². The number of halogens is 1. The Morgan fingerprint density at radius 3 is 2.50 bits per heavy atom. The topological polar surface area (TPSA) is 29.1 Å². The first-order chi connectivity index (χ1) is 5.56. The molecule has 0 aliphatic carbocycles. The molecule has 0 saturated carbocycles. The van der Waals surface area contributed by atoms with Gasteiger partial charge in [-0.1, -0.05) is 13.8 Å². The maximum atomic E-state index is 10.9. The molecule has 1 N–H and O–H groups in total. The Balaban J connectivity index is 3.74. The molecule has 0 aromatic carbocycles. The molecular weight excluding hydrogens is 218 g/mol. The molecule has 0 rings (SSSR count). The van der Waals surface area contributed by atoms with Gasteiger partial charge < -0.3 is 5.32 Å². The van der Waals surface area contributed by atoms with Gasteiger partial charge in [-0.2, -0.15) is 0 Å². The van der Waals surface area contributed by atoms with Crippen molar-refractivity contribution in [3.8, 4) is 10.8 Å². The molecule has 0 saturated heterocycles. The van der Waals surface area contributed by atoms with Gasteiger partial charge in [0, 0.05) is 27.9 Å². The van der Waals surface area contributed by atoms with Crippen LogP contribution in [0.2, 0.25) is 0 Å². The van der Waals surface area contributed by atoms with E-state index in [-0.39, 0.29) is 11.9 Å². The van der Waals surface area contributed by atoms with Crippen molar-refractivity contribution in [3.05, 3.63) is 0 Å². The van der Waals surface area contributed by atoms with Crippen molar-refractivity contribution in [2.75, 3.05) is 0 Å². The zero-order valence-corrected chi connectivity index (χ0v) is 9.23. The summed E-state index contributed by atoms with van der Waals surface area (Å²) in [6.45, 7) is 6.23. The Labute approximate surface area is 82.2 Å². The zero-order valence-electron chi connectivity index (χ0n) is 7.65. The maximum Gasteiger partial charge on any atom is 0.296 e. The van der Waals surface area contributed by atoms with Crippen LogP contribution in [0.1, 0.15) is 27.2 Å². The van der Waals surface area contributed by atoms with E-state index in [9.17, 15) is 4.79 Å². The predicted octanol–water partition coefficient (Wildman–Crippen LogP) is 1.89. The van der Waals surface area contributed by atoms with Crippen LogP contribution in [-0.4, -0.2) is 11.9 Å². The fourth-order valence-corrected chi connectivity index (χ4v) is 1.25. The highest BCUT2D eigenvalue weighted by Gasteiger charge is 2.06. The predicted molar refractivity (Wildman–Crippen MR) is 53.8 cm³/mol. The lowest BCUT2D eigenvalue weighted by Gasteiger charge is -2.13. The average Bonchev–Trinajstić information content (AvgIpc) is 1.84. The van der Waals surface area contributed by atoms with E-state index in [2.05, 4.69) is 45.8 Å². The van der Waals surface area contributed by atoms with E-state index in [1.165, 1.54) is 0 Å². The van der Waals surface area contributed by atoms with Crippen LogP contribution in [0, 0.1) is 16.7 Å². The first-order valence-electron chi connectivity index (χ1n) is 3.98. The molecule has 1 atom stereocenters. The van der Waals surface area contributed by atoms with Gasteiger partial charge in [0.2, 0.25) is 0 Å². The molecule has 2 nitrogen and oxygen atoms in total. The van der Waals surface area contributed by atoms with Crippen LogP contribution in [0.5, 0.6) is 0 Å². The van der Waals surface area contributed by atoms with Crippen molar-refractivity contribution < 1.29 is 4.79 Å². The monoisotopic (exact) mass is 231 g/mol. The van der Waals surface area contributed by atoms with Crippen molar-refractivity contribution in [2.45, 2.75) is 33.2 Å². The minimum atomic E-state index is -0.222. The van der Waals surface area contributed by atoms with E-state index in [0.717, 1.165) is 6.42 Å². The lowest BCUT2D eigenvalue weighted by atomic mass is 10.1. The first kappa shape index (κ1) is 11.5. The highest BCUT2D eigenvalue weighted by Crippen LogP contribution is 2.03. The van der Waals surface area contributed by atoms with Gasteiger partial charge in [-0.05, 0) is 24.1 Å². The summed E-state index contributed by atoms with van der Waals surface area (Å²) in [5.41, 5.74) is 0. The second-order valence-corrected chi connectivity index (χ2v) is 3.62. The van der Waals surface area contributed by atoms with Crippen LogP contribution in [-0.2, 0) is 4.79 Å². The van der Waals surface area contributed by atoms with Gasteiger partial charge in [0.15, 0.2) is 0 Å². The summed E-state index contributed by atoms with van der Waals surface area (Å²) in [5, 5.41) is 2.77. The number of amides is 1. The van der Waals surface area contributed by atoms with Crippen LogP contribution >= 0.6 is 15.9 Å². The molecule has 1 amide bonds. The summed E-state index contributed by atoms with van der Waals surface area (Å²) in [7, 11) is 0. The third-order valence-corrected chi connectivity index (χ3v) is 1.56. The van der Waals surface area contributed by atoms with Crippen LogP contribution < -0.4 is 5.32 Å². The van der Waals surface area contributed by atoms with Crippen LogP contribution in [0.25, 0.3) is 0 Å². The van der Waals surface area contributed by atoms with Crippen molar-refractivity contribution in [1.29, 1.82) is 0 Å². The largest absolute Gasteiger partial charge is 0.343 e. The number of rotatable bonds is 3. The number of carbonyl (C=O) groups is 1. The van der Waals surface area contributed by atoms with Crippen molar-refractivity contribution >= 4 is 21.8 Å². The maximum absolute atomic E-state index is 10.9. The molecule has 0 aliphatic rings. The van der Waals surface area contributed by atoms with Crippen molar-refractivity contribution in [3.63, 3.8) is 0 Å². The molecule has 0 radical (unpaired) electrons. The van der Waals surface area contributed by atoms with Gasteiger partial charge in [0.05, 0.1) is 0 Å². The Bertz CT molecular complexity index is 202. The second-order valence-electron chi connectivity index (χ2n) is 3.22. The number of nitrogens with one attached hydrogen (secondary N) is 1. The molecular formula is C9H14BrNO. The average molecular weight is 232 g/mol. The van der Waals surface area contributed by atoms with E-state index in [4.69, 9.17) is 0 Å². The quantitative estimate of drug-likeness (QED) is 0.739. The Morgan fingerprint density at radius 2 is 2.08 bits per heavy atom. The molecule has 12 heavy (non-hydrogen) atoms. The van der Waals surface area contributed by atoms with Crippen molar-refractivity contribution in [2.24, 2.45) is 5.92 Å². The number of hydrogen-bond donors (Lipinski definition) is 1.